The van der Waals surface area contributed by atoms with Crippen molar-refractivity contribution in [2.75, 3.05) is 26.9 Å². The van der Waals surface area contributed by atoms with Gasteiger partial charge in [0.25, 0.3) is 0 Å². The Balaban J connectivity index is 1.27. The lowest BCUT2D eigenvalue weighted by Gasteiger charge is -2.41. The van der Waals surface area contributed by atoms with Crippen molar-refractivity contribution in [2.45, 2.75) is 88.0 Å². The van der Waals surface area contributed by atoms with E-state index < -0.39 is 0 Å². The predicted molar refractivity (Wildman–Crippen MR) is 146 cm³/mol. The minimum Gasteiger partial charge on any atom is -0.453 e. The molecule has 2 aromatic rings. The molecule has 0 N–H and O–H groups in total. The number of rotatable bonds is 6. The van der Waals surface area contributed by atoms with E-state index in [0.717, 1.165) is 67.2 Å². The van der Waals surface area contributed by atoms with Crippen LogP contribution in [-0.2, 0) is 14.2 Å². The average molecular weight is 608 g/mol. The predicted octanol–water partition coefficient (Wildman–Crippen LogP) is 6.24. The normalized spacial score (nSPS) is 29.2. The second-order valence-corrected chi connectivity index (χ2v) is 11.5. The molecule has 1 saturated carbocycles. The molecule has 7 nitrogen and oxygen atoms in total. The van der Waals surface area contributed by atoms with Gasteiger partial charge in [0.05, 0.1) is 35.1 Å². The van der Waals surface area contributed by atoms with Crippen LogP contribution in [0.5, 0.6) is 0 Å². The minimum atomic E-state index is -0.272. The molecule has 1 unspecified atom stereocenters. The van der Waals surface area contributed by atoms with Crippen molar-refractivity contribution < 1.29 is 19.0 Å². The van der Waals surface area contributed by atoms with E-state index in [9.17, 15) is 4.79 Å². The fourth-order valence-corrected chi connectivity index (χ4v) is 6.96. The van der Waals surface area contributed by atoms with E-state index in [0.29, 0.717) is 19.1 Å². The average Bonchev–Trinajstić information content (AvgIpc) is 3.33. The summed E-state index contributed by atoms with van der Waals surface area (Å²) in [4.78, 5) is 14.6. The summed E-state index contributed by atoms with van der Waals surface area (Å²) in [6.45, 7) is 2.00. The number of nitrogens with zero attached hydrogens (tertiary/aromatic N) is 3. The Morgan fingerprint density at radius 2 is 1.89 bits per heavy atom. The molecule has 1 amide bonds. The van der Waals surface area contributed by atoms with E-state index in [2.05, 4.69) is 59.1 Å². The van der Waals surface area contributed by atoms with E-state index >= 15 is 0 Å². The molecule has 3 aliphatic rings. The van der Waals surface area contributed by atoms with Gasteiger partial charge in [-0.25, -0.2) is 9.48 Å². The number of benzene rings is 1. The van der Waals surface area contributed by atoms with Crippen LogP contribution in [0.2, 0.25) is 0 Å². The summed E-state index contributed by atoms with van der Waals surface area (Å²) in [5, 5.41) is 5.02. The van der Waals surface area contributed by atoms with Gasteiger partial charge in [0.2, 0.25) is 0 Å². The van der Waals surface area contributed by atoms with Crippen LogP contribution in [0.25, 0.3) is 0 Å². The van der Waals surface area contributed by atoms with Crippen LogP contribution < -0.4 is 0 Å². The first kappa shape index (κ1) is 26.0. The Labute approximate surface area is 228 Å². The molecule has 3 atom stereocenters. The quantitative estimate of drug-likeness (QED) is 0.364. The summed E-state index contributed by atoms with van der Waals surface area (Å²) >= 11 is 2.39. The number of halogens is 1. The summed E-state index contributed by atoms with van der Waals surface area (Å²) < 4.78 is 20.8. The van der Waals surface area contributed by atoms with Gasteiger partial charge in [-0.3, -0.25) is 0 Å². The van der Waals surface area contributed by atoms with Crippen molar-refractivity contribution in [3.8, 4) is 0 Å². The SMILES string of the molecule is COC(=O)N1CCC[C@H](c2nn(C3CCCCO3)cc2I)[C@@H]1CO[C@H]1CC[C@@H](c2ccccc2)CC1. The second-order valence-electron chi connectivity index (χ2n) is 10.4. The lowest BCUT2D eigenvalue weighted by molar-refractivity contribution is -0.0405. The number of carbonyl (C=O) groups is 1. The number of ether oxygens (including phenoxy) is 3. The first-order valence-corrected chi connectivity index (χ1v) is 14.6. The van der Waals surface area contributed by atoms with E-state index in [4.69, 9.17) is 19.3 Å². The van der Waals surface area contributed by atoms with Crippen molar-refractivity contribution in [3.05, 3.63) is 51.4 Å². The molecular formula is C28H38IN3O4. The third kappa shape index (κ3) is 5.91. The maximum Gasteiger partial charge on any atom is 0.409 e. The molecule has 1 aliphatic carbocycles. The fraction of sp³-hybridized carbons (Fsp3) is 0.643. The van der Waals surface area contributed by atoms with Crippen molar-refractivity contribution in [3.63, 3.8) is 0 Å². The highest BCUT2D eigenvalue weighted by Gasteiger charge is 2.39. The van der Waals surface area contributed by atoms with E-state index in [1.165, 1.54) is 19.1 Å². The number of methoxy groups -OCH3 is 1. The van der Waals surface area contributed by atoms with Gasteiger partial charge in [-0.1, -0.05) is 30.3 Å². The number of hydrogen-bond acceptors (Lipinski definition) is 5. The first-order valence-electron chi connectivity index (χ1n) is 13.5. The highest BCUT2D eigenvalue weighted by atomic mass is 127. The zero-order chi connectivity index (χ0) is 24.9. The van der Waals surface area contributed by atoms with Gasteiger partial charge in [0.15, 0.2) is 0 Å². The highest BCUT2D eigenvalue weighted by molar-refractivity contribution is 14.1. The van der Waals surface area contributed by atoms with Crippen LogP contribution in [0.15, 0.2) is 36.5 Å². The van der Waals surface area contributed by atoms with Crippen LogP contribution in [0, 0.1) is 3.57 Å². The van der Waals surface area contributed by atoms with Gasteiger partial charge in [-0.15, -0.1) is 0 Å². The van der Waals surface area contributed by atoms with Crippen LogP contribution in [-0.4, -0.2) is 59.8 Å². The Bertz CT molecular complexity index is 986. The summed E-state index contributed by atoms with van der Waals surface area (Å²) in [7, 11) is 1.47. The molecule has 3 fully saturated rings. The van der Waals surface area contributed by atoms with Gasteiger partial charge in [-0.05, 0) is 91.9 Å². The third-order valence-electron chi connectivity index (χ3n) is 8.15. The molecule has 36 heavy (non-hydrogen) atoms. The van der Waals surface area contributed by atoms with Crippen molar-refractivity contribution in [1.82, 2.24) is 14.7 Å². The molecule has 1 aromatic heterocycles. The summed E-state index contributed by atoms with van der Waals surface area (Å²) in [6, 6.07) is 10.7. The van der Waals surface area contributed by atoms with Crippen molar-refractivity contribution in [1.29, 1.82) is 0 Å². The molecular weight excluding hydrogens is 569 g/mol. The standard InChI is InChI=1S/C28H38IN3O4/c1-34-28(33)31-16-7-10-23(27-24(29)18-32(30-27)26-11-5-6-17-35-26)25(31)19-36-22-14-12-21(13-15-22)20-8-3-2-4-9-20/h2-4,8-9,18,21-23,25-26H,5-7,10-17,19H2,1H3/t21-,22+,23-,25-,26?/m0/s1. The zero-order valence-corrected chi connectivity index (χ0v) is 23.3. The monoisotopic (exact) mass is 607 g/mol. The molecule has 0 spiro atoms. The lowest BCUT2D eigenvalue weighted by Crippen LogP contribution is -2.50. The van der Waals surface area contributed by atoms with E-state index in [1.807, 2.05) is 9.58 Å². The molecule has 2 saturated heterocycles. The lowest BCUT2D eigenvalue weighted by atomic mass is 9.82. The van der Waals surface area contributed by atoms with Gasteiger partial charge in [0, 0.05) is 25.3 Å². The number of carbonyl (C=O) groups excluding carboxylic acids is 1. The summed E-state index contributed by atoms with van der Waals surface area (Å²) in [5.74, 6) is 0.739. The Hall–Kier alpha value is -1.65. The van der Waals surface area contributed by atoms with E-state index in [-0.39, 0.29) is 30.4 Å². The van der Waals surface area contributed by atoms with E-state index in [1.54, 1.807) is 0 Å². The molecule has 196 valence electrons. The molecule has 2 aliphatic heterocycles. The van der Waals surface area contributed by atoms with Gasteiger partial charge < -0.3 is 19.1 Å². The molecule has 0 bridgehead atoms. The minimum absolute atomic E-state index is 0.0100. The highest BCUT2D eigenvalue weighted by Crippen LogP contribution is 2.38. The molecule has 1 aromatic carbocycles. The van der Waals surface area contributed by atoms with Crippen LogP contribution in [0.3, 0.4) is 0 Å². The summed E-state index contributed by atoms with van der Waals surface area (Å²) in [6.07, 6.45) is 11.7. The molecule has 5 rings (SSSR count). The van der Waals surface area contributed by atoms with Gasteiger partial charge in [0.1, 0.15) is 6.23 Å². The van der Waals surface area contributed by atoms with Crippen LogP contribution in [0.4, 0.5) is 4.79 Å². The largest absolute Gasteiger partial charge is 0.453 e. The number of aromatic nitrogens is 2. The molecule has 8 heteroatoms. The van der Waals surface area contributed by atoms with Crippen molar-refractivity contribution in [2.24, 2.45) is 0 Å². The summed E-state index contributed by atoms with van der Waals surface area (Å²) in [5.41, 5.74) is 2.49. The van der Waals surface area contributed by atoms with Gasteiger partial charge in [-0.2, -0.15) is 5.10 Å². The number of likely N-dealkylation sites (tertiary alicyclic amines) is 1. The fourth-order valence-electron chi connectivity index (χ4n) is 6.16. The third-order valence-corrected chi connectivity index (χ3v) is 8.98. The number of amides is 1. The maximum absolute atomic E-state index is 12.7. The zero-order valence-electron chi connectivity index (χ0n) is 21.2. The first-order chi connectivity index (χ1) is 17.6. The van der Waals surface area contributed by atoms with Gasteiger partial charge >= 0.3 is 6.09 Å². The Morgan fingerprint density at radius 1 is 1.08 bits per heavy atom. The Kier molecular flexibility index (Phi) is 8.85. The molecule has 3 heterocycles. The maximum atomic E-state index is 12.7. The number of piperidine rings is 1. The Morgan fingerprint density at radius 3 is 2.61 bits per heavy atom. The topological polar surface area (TPSA) is 65.8 Å². The van der Waals surface area contributed by atoms with Crippen molar-refractivity contribution >= 4 is 28.7 Å². The second kappa shape index (κ2) is 12.3. The molecule has 0 radical (unpaired) electrons. The number of hydrogen-bond donors (Lipinski definition) is 0. The van der Waals surface area contributed by atoms with Crippen LogP contribution in [0.1, 0.15) is 87.1 Å². The van der Waals surface area contributed by atoms with Crippen LogP contribution >= 0.6 is 22.6 Å². The smallest absolute Gasteiger partial charge is 0.409 e.